The molecule has 2 fully saturated rings. The average Bonchev–Trinajstić information content (AvgIpc) is 2.76. The minimum atomic E-state index is -0.107. The van der Waals surface area contributed by atoms with E-state index in [1.165, 1.54) is 23.8 Å². The first-order valence-electron chi connectivity index (χ1n) is 10.8. The molecule has 2 atom stereocenters. The summed E-state index contributed by atoms with van der Waals surface area (Å²) in [6.45, 7) is 11.0. The van der Waals surface area contributed by atoms with Gasteiger partial charge in [0, 0.05) is 38.6 Å². The van der Waals surface area contributed by atoms with Gasteiger partial charge in [0.1, 0.15) is 5.75 Å². The number of benzene rings is 1. The van der Waals surface area contributed by atoms with Crippen LogP contribution in [0.4, 0.5) is 0 Å². The van der Waals surface area contributed by atoms with Crippen molar-refractivity contribution in [2.45, 2.75) is 45.7 Å². The highest BCUT2D eigenvalue weighted by Crippen LogP contribution is 2.30. The van der Waals surface area contributed by atoms with Gasteiger partial charge in [-0.3, -0.25) is 14.6 Å². The summed E-state index contributed by atoms with van der Waals surface area (Å²) in [6.07, 6.45) is 2.52. The van der Waals surface area contributed by atoms with Crippen molar-refractivity contribution in [3.8, 4) is 5.75 Å². The fourth-order valence-electron chi connectivity index (χ4n) is 4.80. The summed E-state index contributed by atoms with van der Waals surface area (Å²) in [6, 6.07) is 4.80. The number of hydrogen-bond acceptors (Lipinski definition) is 6. The number of carbonyl (C=O) groups is 1. The topological polar surface area (TPSA) is 51.2 Å². The summed E-state index contributed by atoms with van der Waals surface area (Å²) >= 11 is 0. The van der Waals surface area contributed by atoms with Crippen molar-refractivity contribution in [3.05, 3.63) is 28.8 Å². The third-order valence-corrected chi connectivity index (χ3v) is 6.70. The number of esters is 1. The number of nitrogens with zero attached hydrogens (tertiary/aromatic N) is 2. The van der Waals surface area contributed by atoms with Crippen LogP contribution in [-0.2, 0) is 20.8 Å². The predicted molar refractivity (Wildman–Crippen MR) is 113 cm³/mol. The summed E-state index contributed by atoms with van der Waals surface area (Å²) in [5, 5.41) is 0. The SMILES string of the molecule is COC(=O)CC[C@@H]1CN(Cc2ccc(OC)c(C)c2C)CC[C@@H]1N1CCOCC1. The van der Waals surface area contributed by atoms with Crippen molar-refractivity contribution in [2.24, 2.45) is 5.92 Å². The lowest BCUT2D eigenvalue weighted by molar-refractivity contribution is -0.141. The van der Waals surface area contributed by atoms with Crippen LogP contribution in [0.3, 0.4) is 0 Å². The minimum absolute atomic E-state index is 0.107. The summed E-state index contributed by atoms with van der Waals surface area (Å²) in [5.74, 6) is 1.32. The van der Waals surface area contributed by atoms with Crippen LogP contribution in [0.25, 0.3) is 0 Å². The fraction of sp³-hybridized carbons (Fsp3) is 0.696. The van der Waals surface area contributed by atoms with E-state index in [1.54, 1.807) is 7.11 Å². The Balaban J connectivity index is 1.68. The van der Waals surface area contributed by atoms with Gasteiger partial charge >= 0.3 is 5.97 Å². The lowest BCUT2D eigenvalue weighted by Gasteiger charge is -2.45. The average molecular weight is 405 g/mol. The highest BCUT2D eigenvalue weighted by atomic mass is 16.5. The number of methoxy groups -OCH3 is 2. The van der Waals surface area contributed by atoms with Crippen LogP contribution in [-0.4, -0.2) is 75.4 Å². The van der Waals surface area contributed by atoms with Crippen molar-refractivity contribution in [2.75, 3.05) is 53.6 Å². The van der Waals surface area contributed by atoms with E-state index in [1.807, 2.05) is 0 Å². The molecule has 162 valence electrons. The van der Waals surface area contributed by atoms with Gasteiger partial charge in [-0.15, -0.1) is 0 Å². The molecular formula is C23H36N2O4. The van der Waals surface area contributed by atoms with Crippen LogP contribution in [0.1, 0.15) is 36.0 Å². The maximum Gasteiger partial charge on any atom is 0.305 e. The molecule has 0 N–H and O–H groups in total. The predicted octanol–water partition coefficient (Wildman–Crippen LogP) is 2.79. The molecule has 0 aromatic heterocycles. The Labute approximate surface area is 175 Å². The molecular weight excluding hydrogens is 368 g/mol. The molecule has 2 saturated heterocycles. The van der Waals surface area contributed by atoms with E-state index < -0.39 is 0 Å². The summed E-state index contributed by atoms with van der Waals surface area (Å²) < 4.78 is 15.9. The van der Waals surface area contributed by atoms with Crippen LogP contribution in [0, 0.1) is 19.8 Å². The molecule has 1 aromatic carbocycles. The van der Waals surface area contributed by atoms with Crippen molar-refractivity contribution in [1.29, 1.82) is 0 Å². The third kappa shape index (κ3) is 5.50. The van der Waals surface area contributed by atoms with E-state index in [4.69, 9.17) is 14.2 Å². The Kier molecular flexibility index (Phi) is 7.92. The van der Waals surface area contributed by atoms with Gasteiger partial charge in [0.05, 0.1) is 27.4 Å². The summed E-state index contributed by atoms with van der Waals surface area (Å²) in [7, 11) is 3.20. The monoisotopic (exact) mass is 404 g/mol. The van der Waals surface area contributed by atoms with Gasteiger partial charge in [-0.2, -0.15) is 0 Å². The molecule has 1 aromatic rings. The Morgan fingerprint density at radius 3 is 2.59 bits per heavy atom. The van der Waals surface area contributed by atoms with Crippen molar-refractivity contribution >= 4 is 5.97 Å². The Hall–Kier alpha value is -1.63. The zero-order chi connectivity index (χ0) is 20.8. The Morgan fingerprint density at radius 2 is 1.90 bits per heavy atom. The van der Waals surface area contributed by atoms with Crippen LogP contribution < -0.4 is 4.74 Å². The molecule has 0 unspecified atom stereocenters. The maximum atomic E-state index is 11.8. The zero-order valence-electron chi connectivity index (χ0n) is 18.4. The third-order valence-electron chi connectivity index (χ3n) is 6.70. The second-order valence-corrected chi connectivity index (χ2v) is 8.29. The number of piperidine rings is 1. The van der Waals surface area contributed by atoms with E-state index in [0.717, 1.165) is 64.5 Å². The smallest absolute Gasteiger partial charge is 0.305 e. The molecule has 3 rings (SSSR count). The molecule has 0 radical (unpaired) electrons. The van der Waals surface area contributed by atoms with Gasteiger partial charge in [-0.05, 0) is 61.9 Å². The van der Waals surface area contributed by atoms with Gasteiger partial charge in [-0.25, -0.2) is 0 Å². The van der Waals surface area contributed by atoms with E-state index in [9.17, 15) is 4.79 Å². The fourth-order valence-corrected chi connectivity index (χ4v) is 4.80. The largest absolute Gasteiger partial charge is 0.496 e. The molecule has 2 aliphatic heterocycles. The van der Waals surface area contributed by atoms with Gasteiger partial charge in [0.25, 0.3) is 0 Å². The first kappa shape index (κ1) is 22.1. The van der Waals surface area contributed by atoms with Gasteiger partial charge in [0.2, 0.25) is 0 Å². The molecule has 29 heavy (non-hydrogen) atoms. The van der Waals surface area contributed by atoms with Crippen LogP contribution >= 0.6 is 0 Å². The van der Waals surface area contributed by atoms with E-state index >= 15 is 0 Å². The molecule has 0 bridgehead atoms. The van der Waals surface area contributed by atoms with Gasteiger partial charge in [0.15, 0.2) is 0 Å². The number of ether oxygens (including phenoxy) is 3. The first-order valence-corrected chi connectivity index (χ1v) is 10.8. The molecule has 0 spiro atoms. The Bertz CT molecular complexity index is 688. The second-order valence-electron chi connectivity index (χ2n) is 8.29. The van der Waals surface area contributed by atoms with Crippen LogP contribution in [0.15, 0.2) is 12.1 Å². The van der Waals surface area contributed by atoms with E-state index in [-0.39, 0.29) is 5.97 Å². The summed E-state index contributed by atoms with van der Waals surface area (Å²) in [4.78, 5) is 16.9. The molecule has 2 aliphatic rings. The Morgan fingerprint density at radius 1 is 1.14 bits per heavy atom. The first-order chi connectivity index (χ1) is 14.0. The molecule has 6 nitrogen and oxygen atoms in total. The van der Waals surface area contributed by atoms with Crippen molar-refractivity contribution < 1.29 is 19.0 Å². The second kappa shape index (κ2) is 10.4. The molecule has 0 amide bonds. The van der Waals surface area contributed by atoms with E-state index in [0.29, 0.717) is 18.4 Å². The number of morpholine rings is 1. The number of hydrogen-bond donors (Lipinski definition) is 0. The number of likely N-dealkylation sites (tertiary alicyclic amines) is 1. The molecule has 6 heteroatoms. The van der Waals surface area contributed by atoms with Gasteiger partial charge in [-0.1, -0.05) is 6.07 Å². The lowest BCUT2D eigenvalue weighted by Crippen LogP contribution is -2.53. The van der Waals surface area contributed by atoms with Crippen LogP contribution in [0.5, 0.6) is 5.75 Å². The number of carbonyl (C=O) groups excluding carboxylic acids is 1. The highest BCUT2D eigenvalue weighted by molar-refractivity contribution is 5.69. The molecule has 2 heterocycles. The van der Waals surface area contributed by atoms with E-state index in [2.05, 4.69) is 35.8 Å². The van der Waals surface area contributed by atoms with Gasteiger partial charge < -0.3 is 14.2 Å². The normalized spacial score (nSPS) is 23.7. The number of rotatable bonds is 7. The highest BCUT2D eigenvalue weighted by Gasteiger charge is 2.34. The summed E-state index contributed by atoms with van der Waals surface area (Å²) in [5.41, 5.74) is 3.89. The van der Waals surface area contributed by atoms with Crippen molar-refractivity contribution in [3.63, 3.8) is 0 Å². The van der Waals surface area contributed by atoms with Crippen molar-refractivity contribution in [1.82, 2.24) is 9.80 Å². The molecule has 0 aliphatic carbocycles. The quantitative estimate of drug-likeness (QED) is 0.652. The molecule has 0 saturated carbocycles. The lowest BCUT2D eigenvalue weighted by atomic mass is 9.86. The zero-order valence-corrected chi connectivity index (χ0v) is 18.4. The van der Waals surface area contributed by atoms with Crippen LogP contribution in [0.2, 0.25) is 0 Å². The minimum Gasteiger partial charge on any atom is -0.496 e. The maximum absolute atomic E-state index is 11.8. The standard InChI is InChI=1S/C23H36N2O4/c1-17-18(2)22(27-3)7-5-19(17)15-24-10-9-21(25-11-13-29-14-12-25)20(16-24)6-8-23(26)28-4/h5,7,20-21H,6,8-16H2,1-4H3/t20-,21+/m1/s1.